The highest BCUT2D eigenvalue weighted by Gasteiger charge is 2.18. The number of carbonyl (C=O) groups is 1. The van der Waals surface area contributed by atoms with Crippen LogP contribution in [0.1, 0.15) is 25.1 Å². The third-order valence-corrected chi connectivity index (χ3v) is 3.30. The zero-order valence-electron chi connectivity index (χ0n) is 12.4. The smallest absolute Gasteiger partial charge is 0.239 e. The summed E-state index contributed by atoms with van der Waals surface area (Å²) in [5.41, 5.74) is 2.20. The van der Waals surface area contributed by atoms with Gasteiger partial charge < -0.3 is 15.5 Å². The zero-order valence-corrected chi connectivity index (χ0v) is 12.4. The molecule has 1 aromatic rings. The highest BCUT2D eigenvalue weighted by atomic mass is 16.2. The summed E-state index contributed by atoms with van der Waals surface area (Å²) in [7, 11) is 1.90. The lowest BCUT2D eigenvalue weighted by Gasteiger charge is -2.24. The van der Waals surface area contributed by atoms with E-state index in [0.29, 0.717) is 19.0 Å². The summed E-state index contributed by atoms with van der Waals surface area (Å²) in [4.78, 5) is 22.4. The van der Waals surface area contributed by atoms with E-state index in [2.05, 4.69) is 34.4 Å². The lowest BCUT2D eigenvalue weighted by Crippen LogP contribution is -2.38. The first-order chi connectivity index (χ1) is 9.58. The molecule has 0 radical (unpaired) electrons. The third kappa shape index (κ3) is 3.66. The molecule has 0 bridgehead atoms. The number of anilines is 1. The second kappa shape index (κ2) is 6.65. The van der Waals surface area contributed by atoms with Crippen molar-refractivity contribution in [3.63, 3.8) is 0 Å². The summed E-state index contributed by atoms with van der Waals surface area (Å²) >= 11 is 0. The summed E-state index contributed by atoms with van der Waals surface area (Å²) in [5.74, 6) is 1.33. The van der Waals surface area contributed by atoms with Crippen LogP contribution in [0.4, 0.5) is 5.82 Å². The van der Waals surface area contributed by atoms with Crippen LogP contribution in [0.5, 0.6) is 0 Å². The van der Waals surface area contributed by atoms with Gasteiger partial charge in [-0.3, -0.25) is 4.79 Å². The molecule has 0 saturated carbocycles. The van der Waals surface area contributed by atoms with E-state index in [-0.39, 0.29) is 5.91 Å². The summed E-state index contributed by atoms with van der Waals surface area (Å²) in [6.07, 6.45) is 2.50. The average Bonchev–Trinajstić information content (AvgIpc) is 2.44. The maximum absolute atomic E-state index is 11.9. The second-order valence-corrected chi connectivity index (χ2v) is 5.60. The second-order valence-electron chi connectivity index (χ2n) is 5.60. The molecule has 1 aromatic heterocycles. The number of hydrogen-bond donors (Lipinski definition) is 2. The molecule has 2 heterocycles. The molecule has 0 aliphatic carbocycles. The zero-order chi connectivity index (χ0) is 14.5. The maximum atomic E-state index is 11.9. The molecule has 0 spiro atoms. The first-order valence-electron chi connectivity index (χ1n) is 7.09. The largest absolute Gasteiger partial charge is 0.354 e. The number of hydrogen-bond acceptors (Lipinski definition) is 5. The number of rotatable bonds is 5. The molecule has 0 aromatic carbocycles. The Morgan fingerprint density at radius 3 is 3.05 bits per heavy atom. The van der Waals surface area contributed by atoms with Gasteiger partial charge in [0.2, 0.25) is 5.91 Å². The molecule has 2 rings (SSSR count). The monoisotopic (exact) mass is 277 g/mol. The van der Waals surface area contributed by atoms with Crippen molar-refractivity contribution in [2.45, 2.75) is 26.8 Å². The van der Waals surface area contributed by atoms with Gasteiger partial charge in [-0.1, -0.05) is 13.8 Å². The number of amides is 1. The van der Waals surface area contributed by atoms with Gasteiger partial charge in [0.15, 0.2) is 0 Å². The Kier molecular flexibility index (Phi) is 4.89. The minimum absolute atomic E-state index is 0.0253. The quantitative estimate of drug-likeness (QED) is 0.812. The van der Waals surface area contributed by atoms with Gasteiger partial charge in [0.05, 0.1) is 12.2 Å². The Bertz CT molecular complexity index is 475. The lowest BCUT2D eigenvalue weighted by molar-refractivity contribution is -0.119. The van der Waals surface area contributed by atoms with E-state index in [0.717, 1.165) is 36.6 Å². The highest BCUT2D eigenvalue weighted by Crippen LogP contribution is 2.21. The van der Waals surface area contributed by atoms with E-state index in [9.17, 15) is 4.79 Å². The molecule has 0 atom stereocenters. The molecular weight excluding hydrogens is 254 g/mol. The molecule has 2 N–H and O–H groups in total. The van der Waals surface area contributed by atoms with Gasteiger partial charge in [-0.25, -0.2) is 9.97 Å². The highest BCUT2D eigenvalue weighted by molar-refractivity contribution is 5.81. The fraction of sp³-hybridized carbons (Fsp3) is 0.643. The fourth-order valence-electron chi connectivity index (χ4n) is 2.25. The molecule has 1 aliphatic heterocycles. The predicted molar refractivity (Wildman–Crippen MR) is 78.6 cm³/mol. The summed E-state index contributed by atoms with van der Waals surface area (Å²) in [6, 6.07) is 0. The van der Waals surface area contributed by atoms with Crippen molar-refractivity contribution in [2.75, 3.05) is 31.6 Å². The predicted octanol–water partition coefficient (Wildman–Crippen LogP) is 0.331. The van der Waals surface area contributed by atoms with Crippen molar-refractivity contribution in [3.8, 4) is 0 Å². The van der Waals surface area contributed by atoms with E-state index < -0.39 is 0 Å². The Labute approximate surface area is 120 Å². The van der Waals surface area contributed by atoms with Crippen LogP contribution in [-0.4, -0.2) is 42.6 Å². The Balaban J connectivity index is 2.02. The van der Waals surface area contributed by atoms with E-state index in [1.807, 2.05) is 11.9 Å². The van der Waals surface area contributed by atoms with Gasteiger partial charge in [-0.05, 0) is 5.92 Å². The number of nitrogens with zero attached hydrogens (tertiary/aromatic N) is 3. The van der Waals surface area contributed by atoms with Crippen molar-refractivity contribution in [1.29, 1.82) is 0 Å². The normalized spacial score (nSPS) is 14.0. The average molecular weight is 277 g/mol. The van der Waals surface area contributed by atoms with Crippen molar-refractivity contribution in [2.24, 2.45) is 5.92 Å². The molecule has 6 heteroatoms. The summed E-state index contributed by atoms with van der Waals surface area (Å²) in [5, 5.41) is 6.25. The first kappa shape index (κ1) is 14.7. The van der Waals surface area contributed by atoms with Gasteiger partial charge in [0.25, 0.3) is 0 Å². The van der Waals surface area contributed by atoms with Crippen LogP contribution in [0.25, 0.3) is 0 Å². The number of likely N-dealkylation sites (N-methyl/N-ethyl adjacent to an activating group) is 1. The van der Waals surface area contributed by atoms with Gasteiger partial charge in [0.1, 0.15) is 12.1 Å². The first-order valence-corrected chi connectivity index (χ1v) is 7.09. The maximum Gasteiger partial charge on any atom is 0.239 e. The molecular formula is C14H23N5O. The van der Waals surface area contributed by atoms with Gasteiger partial charge >= 0.3 is 0 Å². The molecule has 110 valence electrons. The molecule has 1 amide bonds. The Morgan fingerprint density at radius 1 is 1.50 bits per heavy atom. The minimum atomic E-state index is 0.0253. The van der Waals surface area contributed by atoms with E-state index in [4.69, 9.17) is 0 Å². The van der Waals surface area contributed by atoms with Gasteiger partial charge in [-0.2, -0.15) is 0 Å². The van der Waals surface area contributed by atoms with Gasteiger partial charge in [-0.15, -0.1) is 0 Å². The SMILES string of the molecule is CC(C)CNC(=O)CN(C)c1ncnc2c1CNCC2. The van der Waals surface area contributed by atoms with E-state index in [1.165, 1.54) is 0 Å². The van der Waals surface area contributed by atoms with Crippen molar-refractivity contribution in [3.05, 3.63) is 17.6 Å². The number of aromatic nitrogens is 2. The molecule has 0 fully saturated rings. The molecule has 20 heavy (non-hydrogen) atoms. The minimum Gasteiger partial charge on any atom is -0.354 e. The van der Waals surface area contributed by atoms with Crippen LogP contribution in [0.2, 0.25) is 0 Å². The van der Waals surface area contributed by atoms with Crippen LogP contribution in [0.3, 0.4) is 0 Å². The summed E-state index contributed by atoms with van der Waals surface area (Å²) < 4.78 is 0. The standard InChI is InChI=1S/C14H23N5O/c1-10(2)6-16-13(20)8-19(3)14-11-7-15-5-4-12(11)17-9-18-14/h9-10,15H,4-8H2,1-3H3,(H,16,20). The number of nitrogens with one attached hydrogen (secondary N) is 2. The van der Waals surface area contributed by atoms with Crippen LogP contribution < -0.4 is 15.5 Å². The van der Waals surface area contributed by atoms with Crippen molar-refractivity contribution < 1.29 is 4.79 Å². The van der Waals surface area contributed by atoms with Crippen molar-refractivity contribution >= 4 is 11.7 Å². The molecule has 0 saturated heterocycles. The fourth-order valence-corrected chi connectivity index (χ4v) is 2.25. The van der Waals surface area contributed by atoms with Crippen LogP contribution >= 0.6 is 0 Å². The van der Waals surface area contributed by atoms with Crippen LogP contribution in [0, 0.1) is 5.92 Å². The molecule has 6 nitrogen and oxygen atoms in total. The molecule has 1 aliphatic rings. The lowest BCUT2D eigenvalue weighted by atomic mass is 10.1. The van der Waals surface area contributed by atoms with Crippen LogP contribution in [0.15, 0.2) is 6.33 Å². The van der Waals surface area contributed by atoms with Crippen LogP contribution in [-0.2, 0) is 17.8 Å². The topological polar surface area (TPSA) is 70.2 Å². The van der Waals surface area contributed by atoms with E-state index >= 15 is 0 Å². The Morgan fingerprint density at radius 2 is 2.30 bits per heavy atom. The Hall–Kier alpha value is -1.69. The number of carbonyl (C=O) groups excluding carboxylic acids is 1. The van der Waals surface area contributed by atoms with Gasteiger partial charge in [0, 0.05) is 38.7 Å². The molecule has 0 unspecified atom stereocenters. The third-order valence-electron chi connectivity index (χ3n) is 3.30. The summed E-state index contributed by atoms with van der Waals surface area (Å²) in [6.45, 7) is 6.89. The van der Waals surface area contributed by atoms with Crippen molar-refractivity contribution in [1.82, 2.24) is 20.6 Å². The van der Waals surface area contributed by atoms with E-state index in [1.54, 1.807) is 6.33 Å². The number of fused-ring (bicyclic) bond motifs is 1.